The van der Waals surface area contributed by atoms with Crippen LogP contribution in [0.25, 0.3) is 11.0 Å². The van der Waals surface area contributed by atoms with Crippen LogP contribution >= 0.6 is 0 Å². The van der Waals surface area contributed by atoms with Crippen molar-refractivity contribution in [2.75, 3.05) is 17.1 Å². The minimum atomic E-state index is -4.06. The average molecular weight is 349 g/mol. The summed E-state index contributed by atoms with van der Waals surface area (Å²) < 4.78 is 37.7. The fourth-order valence-corrected chi connectivity index (χ4v) is 3.94. The molecule has 8 nitrogen and oxygen atoms in total. The summed E-state index contributed by atoms with van der Waals surface area (Å²) in [7, 11) is -2.47. The third kappa shape index (κ3) is 2.52. The van der Waals surface area contributed by atoms with Gasteiger partial charge in [0, 0.05) is 12.4 Å². The van der Waals surface area contributed by atoms with Crippen LogP contribution in [0, 0.1) is 13.8 Å². The van der Waals surface area contributed by atoms with Crippen molar-refractivity contribution in [2.24, 2.45) is 0 Å². The molecule has 0 radical (unpaired) electrons. The molecule has 24 heavy (non-hydrogen) atoms. The summed E-state index contributed by atoms with van der Waals surface area (Å²) in [6.45, 7) is 2.99. The van der Waals surface area contributed by atoms with Gasteiger partial charge in [-0.15, -0.1) is 0 Å². The van der Waals surface area contributed by atoms with Crippen LogP contribution < -0.4 is 15.7 Å². The van der Waals surface area contributed by atoms with E-state index < -0.39 is 15.6 Å². The van der Waals surface area contributed by atoms with Crippen LogP contribution in [0.3, 0.4) is 0 Å². The molecule has 0 amide bonds. The highest BCUT2D eigenvalue weighted by Crippen LogP contribution is 2.30. The molecule has 126 valence electrons. The average Bonchev–Trinajstić information content (AvgIpc) is 2.87. The van der Waals surface area contributed by atoms with Crippen molar-refractivity contribution in [1.29, 1.82) is 0 Å². The van der Waals surface area contributed by atoms with Gasteiger partial charge >= 0.3 is 5.63 Å². The summed E-state index contributed by atoms with van der Waals surface area (Å²) in [6.07, 6.45) is 0. The number of rotatable bonds is 4. The molecule has 0 fully saturated rings. The summed E-state index contributed by atoms with van der Waals surface area (Å²) in [6, 6.07) is 6.83. The molecule has 0 aliphatic rings. The predicted octanol–water partition coefficient (Wildman–Crippen LogP) is 2.24. The standard InChI is InChI=1S/C15H15N3O5S/c1-8-14(9(2)23-17-8)24(20,21)18-13-12(16-3)10-6-4-5-7-11(10)22-15(13)19/h4-7,16,18H,1-3H3. The maximum Gasteiger partial charge on any atom is 0.363 e. The summed E-state index contributed by atoms with van der Waals surface area (Å²) >= 11 is 0. The summed E-state index contributed by atoms with van der Waals surface area (Å²) in [4.78, 5) is 12.2. The molecule has 1 aromatic carbocycles. The van der Waals surface area contributed by atoms with Gasteiger partial charge in [-0.25, -0.2) is 13.2 Å². The minimum Gasteiger partial charge on any atom is -0.421 e. The van der Waals surface area contributed by atoms with E-state index in [0.29, 0.717) is 16.7 Å². The van der Waals surface area contributed by atoms with E-state index in [1.165, 1.54) is 13.8 Å². The second kappa shape index (κ2) is 5.68. The number of fused-ring (bicyclic) bond motifs is 1. The number of anilines is 2. The Balaban J connectivity index is 2.20. The molecule has 2 heterocycles. The van der Waals surface area contributed by atoms with Crippen molar-refractivity contribution in [3.63, 3.8) is 0 Å². The second-order valence-electron chi connectivity index (χ2n) is 5.14. The SMILES string of the molecule is CNc1c(NS(=O)(=O)c2c(C)noc2C)c(=O)oc2ccccc12. The van der Waals surface area contributed by atoms with E-state index in [1.807, 2.05) is 0 Å². The zero-order valence-electron chi connectivity index (χ0n) is 13.2. The molecule has 0 spiro atoms. The Morgan fingerprint density at radius 1 is 1.12 bits per heavy atom. The molecule has 0 bridgehead atoms. The van der Waals surface area contributed by atoms with Crippen LogP contribution in [0.4, 0.5) is 11.4 Å². The molecule has 0 saturated carbocycles. The third-order valence-electron chi connectivity index (χ3n) is 3.54. The van der Waals surface area contributed by atoms with Gasteiger partial charge in [0.1, 0.15) is 11.3 Å². The fourth-order valence-electron chi connectivity index (χ4n) is 2.55. The van der Waals surface area contributed by atoms with E-state index in [9.17, 15) is 13.2 Å². The van der Waals surface area contributed by atoms with Gasteiger partial charge in [0.15, 0.2) is 16.3 Å². The molecular formula is C15H15N3O5S. The van der Waals surface area contributed by atoms with Gasteiger partial charge in [-0.2, -0.15) is 0 Å². The van der Waals surface area contributed by atoms with Gasteiger partial charge in [0.2, 0.25) is 0 Å². The molecule has 0 unspecified atom stereocenters. The highest BCUT2D eigenvalue weighted by Gasteiger charge is 2.27. The quantitative estimate of drug-likeness (QED) is 0.694. The molecule has 9 heteroatoms. The van der Waals surface area contributed by atoms with Gasteiger partial charge in [-0.3, -0.25) is 4.72 Å². The van der Waals surface area contributed by atoms with Crippen LogP contribution in [-0.2, 0) is 10.0 Å². The Hall–Kier alpha value is -2.81. The molecular weight excluding hydrogens is 334 g/mol. The molecule has 3 rings (SSSR count). The first-order valence-corrected chi connectivity index (χ1v) is 8.52. The van der Waals surface area contributed by atoms with Gasteiger partial charge in [-0.05, 0) is 26.0 Å². The highest BCUT2D eigenvalue weighted by atomic mass is 32.2. The first-order valence-electron chi connectivity index (χ1n) is 7.04. The largest absolute Gasteiger partial charge is 0.421 e. The Bertz CT molecular complexity index is 1060. The van der Waals surface area contributed by atoms with Crippen molar-refractivity contribution in [3.8, 4) is 0 Å². The van der Waals surface area contributed by atoms with Crippen molar-refractivity contribution < 1.29 is 17.4 Å². The fraction of sp³-hybridized carbons (Fsp3) is 0.200. The first-order chi connectivity index (χ1) is 11.3. The molecule has 3 aromatic rings. The minimum absolute atomic E-state index is 0.0999. The molecule has 0 aliphatic heterocycles. The highest BCUT2D eigenvalue weighted by molar-refractivity contribution is 7.92. The van der Waals surface area contributed by atoms with Crippen LogP contribution in [-0.4, -0.2) is 20.6 Å². The number of aromatic nitrogens is 1. The number of hydrogen-bond donors (Lipinski definition) is 2. The van der Waals surface area contributed by atoms with Gasteiger partial charge in [0.25, 0.3) is 10.0 Å². The smallest absolute Gasteiger partial charge is 0.363 e. The van der Waals surface area contributed by atoms with Crippen molar-refractivity contribution in [1.82, 2.24) is 5.16 Å². The van der Waals surface area contributed by atoms with Crippen molar-refractivity contribution in [2.45, 2.75) is 18.7 Å². The normalized spacial score (nSPS) is 11.6. The van der Waals surface area contributed by atoms with Crippen molar-refractivity contribution >= 4 is 32.4 Å². The van der Waals surface area contributed by atoms with E-state index >= 15 is 0 Å². The molecule has 2 aromatic heterocycles. The Morgan fingerprint density at radius 2 is 1.83 bits per heavy atom. The Kier molecular flexibility index (Phi) is 3.80. The van der Waals surface area contributed by atoms with Gasteiger partial charge < -0.3 is 14.3 Å². The maximum absolute atomic E-state index is 12.6. The van der Waals surface area contributed by atoms with Crippen LogP contribution in [0.5, 0.6) is 0 Å². The van der Waals surface area contributed by atoms with Crippen LogP contribution in [0.15, 0.2) is 42.9 Å². The Morgan fingerprint density at radius 3 is 2.46 bits per heavy atom. The van der Waals surface area contributed by atoms with Crippen LogP contribution in [0.2, 0.25) is 0 Å². The van der Waals surface area contributed by atoms with E-state index in [-0.39, 0.29) is 22.0 Å². The predicted molar refractivity (Wildman–Crippen MR) is 88.8 cm³/mol. The van der Waals surface area contributed by atoms with E-state index in [4.69, 9.17) is 8.94 Å². The van der Waals surface area contributed by atoms with Gasteiger partial charge in [0.05, 0.1) is 5.69 Å². The number of para-hydroxylation sites is 1. The number of aryl methyl sites for hydroxylation is 2. The van der Waals surface area contributed by atoms with E-state index in [1.54, 1.807) is 31.3 Å². The van der Waals surface area contributed by atoms with Crippen molar-refractivity contribution in [3.05, 3.63) is 46.1 Å². The molecule has 0 saturated heterocycles. The van der Waals surface area contributed by atoms with E-state index in [0.717, 1.165) is 0 Å². The monoisotopic (exact) mass is 349 g/mol. The lowest BCUT2D eigenvalue weighted by atomic mass is 10.2. The van der Waals surface area contributed by atoms with Crippen LogP contribution in [0.1, 0.15) is 11.5 Å². The lowest BCUT2D eigenvalue weighted by Gasteiger charge is -2.12. The number of sulfonamides is 1. The zero-order valence-corrected chi connectivity index (χ0v) is 14.0. The first kappa shape index (κ1) is 16.1. The van der Waals surface area contributed by atoms with Gasteiger partial charge in [-0.1, -0.05) is 17.3 Å². The topological polar surface area (TPSA) is 114 Å². The molecule has 0 aliphatic carbocycles. The third-order valence-corrected chi connectivity index (χ3v) is 5.13. The summed E-state index contributed by atoms with van der Waals surface area (Å²) in [5.74, 6) is 0.135. The zero-order chi connectivity index (χ0) is 17.5. The molecule has 0 atom stereocenters. The number of benzene rings is 1. The Labute approximate surface area is 137 Å². The maximum atomic E-state index is 12.6. The number of nitrogens with zero attached hydrogens (tertiary/aromatic N) is 1. The number of nitrogens with one attached hydrogen (secondary N) is 2. The second-order valence-corrected chi connectivity index (χ2v) is 6.76. The lowest BCUT2D eigenvalue weighted by molar-refractivity contribution is 0.390. The summed E-state index contributed by atoms with van der Waals surface area (Å²) in [5.41, 5.74) is -0.106. The number of hydrogen-bond acceptors (Lipinski definition) is 7. The van der Waals surface area contributed by atoms with E-state index in [2.05, 4.69) is 15.2 Å². The lowest BCUT2D eigenvalue weighted by Crippen LogP contribution is -2.21. The molecule has 2 N–H and O–H groups in total. The summed E-state index contributed by atoms with van der Waals surface area (Å²) in [5, 5.41) is 7.06.